The second-order valence-corrected chi connectivity index (χ2v) is 6.16. The highest BCUT2D eigenvalue weighted by molar-refractivity contribution is 6.31. The van der Waals surface area contributed by atoms with Gasteiger partial charge in [-0.1, -0.05) is 11.6 Å². The lowest BCUT2D eigenvalue weighted by Gasteiger charge is -2.27. The Balaban J connectivity index is 1.93. The first-order valence-electron chi connectivity index (χ1n) is 8.19. The van der Waals surface area contributed by atoms with Crippen LogP contribution in [0.25, 0.3) is 0 Å². The van der Waals surface area contributed by atoms with E-state index >= 15 is 0 Å². The number of halogens is 1. The summed E-state index contributed by atoms with van der Waals surface area (Å²) in [5.41, 5.74) is 0.478. The number of rotatable bonds is 7. The molecule has 1 N–H and O–H groups in total. The van der Waals surface area contributed by atoms with Crippen LogP contribution in [0.1, 0.15) is 6.92 Å². The molecular formula is C17H24ClN3O4. The summed E-state index contributed by atoms with van der Waals surface area (Å²) in [6, 6.07) is 4.96. The first-order valence-corrected chi connectivity index (χ1v) is 8.57. The zero-order valence-electron chi connectivity index (χ0n) is 14.6. The van der Waals surface area contributed by atoms with E-state index in [1.165, 1.54) is 18.9 Å². The van der Waals surface area contributed by atoms with Crippen molar-refractivity contribution in [1.82, 2.24) is 10.2 Å². The molecule has 1 aromatic carbocycles. The average Bonchev–Trinajstić information content (AvgIpc) is 2.60. The molecule has 1 aromatic rings. The molecule has 1 aliphatic heterocycles. The van der Waals surface area contributed by atoms with Gasteiger partial charge in [-0.15, -0.1) is 0 Å². The maximum atomic E-state index is 12.2. The van der Waals surface area contributed by atoms with E-state index in [-0.39, 0.29) is 18.4 Å². The highest BCUT2D eigenvalue weighted by Crippen LogP contribution is 2.31. The van der Waals surface area contributed by atoms with Gasteiger partial charge in [0.1, 0.15) is 12.3 Å². The number of anilines is 1. The Morgan fingerprint density at radius 2 is 2.08 bits per heavy atom. The molecule has 2 rings (SSSR count). The first-order chi connectivity index (χ1) is 12.0. The van der Waals surface area contributed by atoms with E-state index in [4.69, 9.17) is 21.1 Å². The van der Waals surface area contributed by atoms with Gasteiger partial charge in [-0.05, 0) is 18.2 Å². The lowest BCUT2D eigenvalue weighted by molar-refractivity contribution is -0.123. The summed E-state index contributed by atoms with van der Waals surface area (Å²) >= 11 is 6.02. The Morgan fingerprint density at radius 3 is 2.72 bits per heavy atom. The number of hydrogen-bond acceptors (Lipinski definition) is 5. The van der Waals surface area contributed by atoms with E-state index in [9.17, 15) is 9.59 Å². The average molecular weight is 370 g/mol. The molecule has 0 bridgehead atoms. The largest absolute Gasteiger partial charge is 0.495 e. The van der Waals surface area contributed by atoms with Crippen molar-refractivity contribution in [1.29, 1.82) is 0 Å². The Kier molecular flexibility index (Phi) is 7.49. The van der Waals surface area contributed by atoms with Crippen LogP contribution in [0.5, 0.6) is 5.75 Å². The lowest BCUT2D eigenvalue weighted by Crippen LogP contribution is -2.44. The number of morpholine rings is 1. The summed E-state index contributed by atoms with van der Waals surface area (Å²) in [5, 5.41) is 3.32. The molecule has 0 spiro atoms. The lowest BCUT2D eigenvalue weighted by atomic mass is 10.2. The predicted molar refractivity (Wildman–Crippen MR) is 96.3 cm³/mol. The van der Waals surface area contributed by atoms with Gasteiger partial charge in [0.2, 0.25) is 11.8 Å². The third-order valence-electron chi connectivity index (χ3n) is 3.97. The van der Waals surface area contributed by atoms with Crippen molar-refractivity contribution in [2.75, 3.05) is 57.9 Å². The molecule has 8 heteroatoms. The highest BCUT2D eigenvalue weighted by Gasteiger charge is 2.20. The van der Waals surface area contributed by atoms with E-state index in [0.717, 1.165) is 32.8 Å². The standard InChI is InChI=1S/C17H24ClN3O4/c1-13(22)21(15-11-14(18)3-4-16(15)24-2)12-17(23)19-5-6-20-7-9-25-10-8-20/h3-4,11H,5-10,12H2,1-2H3,(H,19,23). The number of amides is 2. The molecule has 0 atom stereocenters. The Hall–Kier alpha value is -1.83. The molecular weight excluding hydrogens is 346 g/mol. The number of carbonyl (C=O) groups is 2. The summed E-state index contributed by atoms with van der Waals surface area (Å²) in [7, 11) is 1.51. The number of methoxy groups -OCH3 is 1. The zero-order chi connectivity index (χ0) is 18.2. The maximum Gasteiger partial charge on any atom is 0.240 e. The Labute approximate surface area is 152 Å². The number of nitrogens with zero attached hydrogens (tertiary/aromatic N) is 2. The van der Waals surface area contributed by atoms with Crippen molar-refractivity contribution in [3.63, 3.8) is 0 Å². The Bertz CT molecular complexity index is 606. The van der Waals surface area contributed by atoms with E-state index < -0.39 is 0 Å². The van der Waals surface area contributed by atoms with Crippen LogP contribution in [-0.2, 0) is 14.3 Å². The molecule has 1 saturated heterocycles. The van der Waals surface area contributed by atoms with E-state index in [2.05, 4.69) is 10.2 Å². The van der Waals surface area contributed by atoms with E-state index in [1.807, 2.05) is 0 Å². The quantitative estimate of drug-likeness (QED) is 0.780. The molecule has 1 fully saturated rings. The van der Waals surface area contributed by atoms with Crippen molar-refractivity contribution in [2.24, 2.45) is 0 Å². The molecule has 0 radical (unpaired) electrons. The second kappa shape index (κ2) is 9.60. The zero-order valence-corrected chi connectivity index (χ0v) is 15.3. The molecule has 1 aliphatic rings. The van der Waals surface area contributed by atoms with Crippen molar-refractivity contribution >= 4 is 29.1 Å². The highest BCUT2D eigenvalue weighted by atomic mass is 35.5. The number of carbonyl (C=O) groups excluding carboxylic acids is 2. The minimum absolute atomic E-state index is 0.0881. The molecule has 0 saturated carbocycles. The van der Waals surface area contributed by atoms with Gasteiger partial charge >= 0.3 is 0 Å². The van der Waals surface area contributed by atoms with Gasteiger partial charge in [-0.3, -0.25) is 19.4 Å². The molecule has 0 aliphatic carbocycles. The van der Waals surface area contributed by atoms with Crippen LogP contribution in [0, 0.1) is 0 Å². The summed E-state index contributed by atoms with van der Waals surface area (Å²) < 4.78 is 10.6. The summed E-state index contributed by atoms with van der Waals surface area (Å²) in [4.78, 5) is 27.8. The maximum absolute atomic E-state index is 12.2. The molecule has 25 heavy (non-hydrogen) atoms. The van der Waals surface area contributed by atoms with Gasteiger partial charge in [-0.25, -0.2) is 0 Å². The predicted octanol–water partition coefficient (Wildman–Crippen LogP) is 1.15. The third-order valence-corrected chi connectivity index (χ3v) is 4.20. The van der Waals surface area contributed by atoms with Crippen molar-refractivity contribution in [3.05, 3.63) is 23.2 Å². The van der Waals surface area contributed by atoms with Crippen LogP contribution >= 0.6 is 11.6 Å². The van der Waals surface area contributed by atoms with Crippen LogP contribution < -0.4 is 15.0 Å². The summed E-state index contributed by atoms with van der Waals surface area (Å²) in [5.74, 6) is -0.00454. The molecule has 1 heterocycles. The topological polar surface area (TPSA) is 71.1 Å². The fraction of sp³-hybridized carbons (Fsp3) is 0.529. The van der Waals surface area contributed by atoms with Gasteiger partial charge in [-0.2, -0.15) is 0 Å². The van der Waals surface area contributed by atoms with Gasteiger partial charge in [0, 0.05) is 38.1 Å². The van der Waals surface area contributed by atoms with Crippen molar-refractivity contribution in [2.45, 2.75) is 6.92 Å². The normalized spacial score (nSPS) is 14.8. The van der Waals surface area contributed by atoms with Gasteiger partial charge in [0.15, 0.2) is 0 Å². The number of nitrogens with one attached hydrogen (secondary N) is 1. The Morgan fingerprint density at radius 1 is 1.36 bits per heavy atom. The summed E-state index contributed by atoms with van der Waals surface area (Å²) in [6.45, 7) is 5.79. The first kappa shape index (κ1) is 19.5. The van der Waals surface area contributed by atoms with E-state index in [0.29, 0.717) is 23.0 Å². The number of benzene rings is 1. The van der Waals surface area contributed by atoms with Crippen LogP contribution in [-0.4, -0.2) is 69.8 Å². The SMILES string of the molecule is COc1ccc(Cl)cc1N(CC(=O)NCCN1CCOCC1)C(C)=O. The van der Waals surface area contributed by atoms with E-state index in [1.54, 1.807) is 18.2 Å². The van der Waals surface area contributed by atoms with Gasteiger partial charge < -0.3 is 14.8 Å². The minimum Gasteiger partial charge on any atom is -0.495 e. The fourth-order valence-corrected chi connectivity index (χ4v) is 2.78. The van der Waals surface area contributed by atoms with Crippen molar-refractivity contribution < 1.29 is 19.1 Å². The molecule has 138 valence electrons. The van der Waals surface area contributed by atoms with Crippen LogP contribution in [0.3, 0.4) is 0 Å². The molecule has 7 nitrogen and oxygen atoms in total. The molecule has 0 unspecified atom stereocenters. The van der Waals surface area contributed by atoms with Crippen molar-refractivity contribution in [3.8, 4) is 5.75 Å². The second-order valence-electron chi connectivity index (χ2n) is 5.73. The van der Waals surface area contributed by atoms with Crippen LogP contribution in [0.2, 0.25) is 5.02 Å². The van der Waals surface area contributed by atoms with Gasteiger partial charge in [0.05, 0.1) is 26.0 Å². The van der Waals surface area contributed by atoms with Crippen LogP contribution in [0.15, 0.2) is 18.2 Å². The number of ether oxygens (including phenoxy) is 2. The molecule has 2 amide bonds. The monoisotopic (exact) mass is 369 g/mol. The number of hydrogen-bond donors (Lipinski definition) is 1. The fourth-order valence-electron chi connectivity index (χ4n) is 2.62. The van der Waals surface area contributed by atoms with Gasteiger partial charge in [0.25, 0.3) is 0 Å². The smallest absolute Gasteiger partial charge is 0.240 e. The minimum atomic E-state index is -0.260. The third kappa shape index (κ3) is 5.88. The summed E-state index contributed by atoms with van der Waals surface area (Å²) in [6.07, 6.45) is 0. The van der Waals surface area contributed by atoms with Crippen LogP contribution in [0.4, 0.5) is 5.69 Å². The molecule has 0 aromatic heterocycles.